The maximum absolute atomic E-state index is 11.8. The van der Waals surface area contributed by atoms with Gasteiger partial charge in [0.05, 0.1) is 0 Å². The fourth-order valence-electron chi connectivity index (χ4n) is 2.03. The number of benzene rings is 1. The van der Waals surface area contributed by atoms with Crippen molar-refractivity contribution >= 4 is 5.91 Å². The first-order chi connectivity index (χ1) is 9.62. The number of rotatable bonds is 8. The van der Waals surface area contributed by atoms with Crippen molar-refractivity contribution in [1.29, 1.82) is 0 Å². The summed E-state index contributed by atoms with van der Waals surface area (Å²) in [6, 6.07) is 8.22. The average molecular weight is 278 g/mol. The lowest BCUT2D eigenvalue weighted by atomic mass is 10.1. The van der Waals surface area contributed by atoms with Gasteiger partial charge >= 0.3 is 0 Å². The Morgan fingerprint density at radius 2 is 1.90 bits per heavy atom. The van der Waals surface area contributed by atoms with E-state index in [1.54, 1.807) is 0 Å². The molecule has 0 fully saturated rings. The molecule has 0 saturated carbocycles. The van der Waals surface area contributed by atoms with E-state index < -0.39 is 0 Å². The Labute approximate surface area is 121 Å². The van der Waals surface area contributed by atoms with Crippen molar-refractivity contribution < 1.29 is 9.53 Å². The number of nitrogens with one attached hydrogen (secondary N) is 2. The van der Waals surface area contributed by atoms with E-state index >= 15 is 0 Å². The van der Waals surface area contributed by atoms with Gasteiger partial charge < -0.3 is 15.4 Å². The van der Waals surface area contributed by atoms with E-state index in [2.05, 4.69) is 31.4 Å². The predicted octanol–water partition coefficient (Wildman–Crippen LogP) is 2.65. The van der Waals surface area contributed by atoms with Gasteiger partial charge in [-0.1, -0.05) is 32.0 Å². The molecule has 0 aliphatic heterocycles. The summed E-state index contributed by atoms with van der Waals surface area (Å²) in [7, 11) is 1.90. The van der Waals surface area contributed by atoms with Gasteiger partial charge in [0, 0.05) is 17.6 Å². The first kappa shape index (κ1) is 16.5. The molecule has 1 aromatic carbocycles. The van der Waals surface area contributed by atoms with Crippen LogP contribution in [0.2, 0.25) is 0 Å². The molecule has 0 aliphatic rings. The van der Waals surface area contributed by atoms with Crippen LogP contribution in [0, 0.1) is 0 Å². The van der Waals surface area contributed by atoms with E-state index in [-0.39, 0.29) is 24.6 Å². The van der Waals surface area contributed by atoms with Gasteiger partial charge in [-0.15, -0.1) is 0 Å². The van der Waals surface area contributed by atoms with Crippen molar-refractivity contribution in [3.05, 3.63) is 29.8 Å². The Morgan fingerprint density at radius 3 is 2.50 bits per heavy atom. The largest absolute Gasteiger partial charge is 0.483 e. The third-order valence-electron chi connectivity index (χ3n) is 3.53. The van der Waals surface area contributed by atoms with Crippen molar-refractivity contribution in [2.45, 2.75) is 45.7 Å². The highest BCUT2D eigenvalue weighted by molar-refractivity contribution is 5.77. The third-order valence-corrected chi connectivity index (χ3v) is 3.53. The maximum Gasteiger partial charge on any atom is 0.258 e. The van der Waals surface area contributed by atoms with Gasteiger partial charge in [0.15, 0.2) is 6.61 Å². The van der Waals surface area contributed by atoms with Crippen molar-refractivity contribution in [2.24, 2.45) is 0 Å². The van der Waals surface area contributed by atoms with Crippen LogP contribution in [0.5, 0.6) is 5.75 Å². The molecule has 4 heteroatoms. The van der Waals surface area contributed by atoms with Crippen molar-refractivity contribution in [3.8, 4) is 5.75 Å². The fraction of sp³-hybridized carbons (Fsp3) is 0.562. The predicted molar refractivity (Wildman–Crippen MR) is 81.9 cm³/mol. The standard InChI is InChI=1S/C16H26N2O2/c1-5-13(6-2)18-16(19)11-20-15-10-8-7-9-14(15)12(3)17-4/h7-10,12-13,17H,5-6,11H2,1-4H3,(H,18,19). The van der Waals surface area contributed by atoms with Gasteiger partial charge in [-0.2, -0.15) is 0 Å². The first-order valence-electron chi connectivity index (χ1n) is 7.30. The molecule has 0 radical (unpaired) electrons. The van der Waals surface area contributed by atoms with E-state index in [9.17, 15) is 4.79 Å². The lowest BCUT2D eigenvalue weighted by molar-refractivity contribution is -0.123. The van der Waals surface area contributed by atoms with Crippen molar-refractivity contribution in [2.75, 3.05) is 13.7 Å². The SMILES string of the molecule is CCC(CC)NC(=O)COc1ccccc1C(C)NC. The first-order valence-corrected chi connectivity index (χ1v) is 7.30. The molecule has 0 bridgehead atoms. The number of hydrogen-bond acceptors (Lipinski definition) is 3. The van der Waals surface area contributed by atoms with Crippen LogP contribution in [0.15, 0.2) is 24.3 Å². The molecular weight excluding hydrogens is 252 g/mol. The van der Waals surface area contributed by atoms with Crippen LogP contribution >= 0.6 is 0 Å². The minimum absolute atomic E-state index is 0.0595. The summed E-state index contributed by atoms with van der Waals surface area (Å²) in [6.07, 6.45) is 1.88. The number of hydrogen-bond donors (Lipinski definition) is 2. The van der Waals surface area contributed by atoms with Crippen LogP contribution < -0.4 is 15.4 Å². The fourth-order valence-corrected chi connectivity index (χ4v) is 2.03. The summed E-state index contributed by atoms with van der Waals surface area (Å²) in [5, 5.41) is 6.15. The molecule has 0 saturated heterocycles. The molecule has 1 unspecified atom stereocenters. The summed E-state index contributed by atoms with van der Waals surface area (Å²) in [5.41, 5.74) is 1.06. The van der Waals surface area contributed by atoms with Gasteiger partial charge in [-0.25, -0.2) is 0 Å². The number of para-hydroxylation sites is 1. The summed E-state index contributed by atoms with van der Waals surface area (Å²) in [5.74, 6) is 0.694. The van der Waals surface area contributed by atoms with Gasteiger partial charge in [0.2, 0.25) is 0 Å². The summed E-state index contributed by atoms with van der Waals surface area (Å²) < 4.78 is 5.66. The molecule has 1 amide bonds. The Morgan fingerprint density at radius 1 is 1.25 bits per heavy atom. The van der Waals surface area contributed by atoms with Crippen molar-refractivity contribution in [3.63, 3.8) is 0 Å². The number of carbonyl (C=O) groups excluding carboxylic acids is 1. The molecule has 0 heterocycles. The molecule has 0 spiro atoms. The second-order valence-electron chi connectivity index (χ2n) is 4.92. The minimum atomic E-state index is -0.0642. The molecule has 1 rings (SSSR count). The normalized spacial score (nSPS) is 12.2. The van der Waals surface area contributed by atoms with E-state index in [4.69, 9.17) is 4.74 Å². The molecule has 20 heavy (non-hydrogen) atoms. The van der Waals surface area contributed by atoms with E-state index in [1.807, 2.05) is 31.3 Å². The Hall–Kier alpha value is -1.55. The molecule has 2 N–H and O–H groups in total. The third kappa shape index (κ3) is 4.85. The van der Waals surface area contributed by atoms with Crippen LogP contribution in [0.3, 0.4) is 0 Å². The Kier molecular flexibility index (Phi) is 7.09. The smallest absolute Gasteiger partial charge is 0.258 e. The van der Waals surface area contributed by atoms with Gasteiger partial charge in [0.25, 0.3) is 5.91 Å². The lowest BCUT2D eigenvalue weighted by Gasteiger charge is -2.18. The van der Waals surface area contributed by atoms with E-state index in [0.29, 0.717) is 0 Å². The quantitative estimate of drug-likeness (QED) is 0.768. The van der Waals surface area contributed by atoms with Crippen molar-refractivity contribution in [1.82, 2.24) is 10.6 Å². The minimum Gasteiger partial charge on any atom is -0.483 e. The molecule has 1 atom stereocenters. The summed E-state index contributed by atoms with van der Waals surface area (Å²) >= 11 is 0. The van der Waals surface area contributed by atoms with Gasteiger partial charge in [0.1, 0.15) is 5.75 Å². The topological polar surface area (TPSA) is 50.4 Å². The van der Waals surface area contributed by atoms with Crippen LogP contribution in [-0.2, 0) is 4.79 Å². The van der Waals surface area contributed by atoms with Gasteiger partial charge in [-0.05, 0) is 32.9 Å². The van der Waals surface area contributed by atoms with Crippen LogP contribution in [0.4, 0.5) is 0 Å². The van der Waals surface area contributed by atoms with Gasteiger partial charge in [-0.3, -0.25) is 4.79 Å². The Bertz CT molecular complexity index is 417. The average Bonchev–Trinajstić information content (AvgIpc) is 2.50. The zero-order chi connectivity index (χ0) is 15.0. The van der Waals surface area contributed by atoms with Crippen LogP contribution in [-0.4, -0.2) is 25.6 Å². The monoisotopic (exact) mass is 278 g/mol. The molecule has 1 aromatic rings. The summed E-state index contributed by atoms with van der Waals surface area (Å²) in [4.78, 5) is 11.8. The Balaban J connectivity index is 2.59. The van der Waals surface area contributed by atoms with E-state index in [1.165, 1.54) is 0 Å². The number of carbonyl (C=O) groups is 1. The maximum atomic E-state index is 11.8. The highest BCUT2D eigenvalue weighted by atomic mass is 16.5. The zero-order valence-electron chi connectivity index (χ0n) is 12.9. The summed E-state index contributed by atoms with van der Waals surface area (Å²) in [6.45, 7) is 6.26. The molecule has 0 aromatic heterocycles. The van der Waals surface area contributed by atoms with Crippen LogP contribution in [0.1, 0.15) is 45.2 Å². The zero-order valence-corrected chi connectivity index (χ0v) is 12.9. The molecule has 0 aliphatic carbocycles. The highest BCUT2D eigenvalue weighted by Crippen LogP contribution is 2.24. The lowest BCUT2D eigenvalue weighted by Crippen LogP contribution is -2.37. The molecule has 112 valence electrons. The van der Waals surface area contributed by atoms with E-state index in [0.717, 1.165) is 24.2 Å². The molecular formula is C16H26N2O2. The number of ether oxygens (including phenoxy) is 1. The molecule has 4 nitrogen and oxygen atoms in total. The number of amides is 1. The highest BCUT2D eigenvalue weighted by Gasteiger charge is 2.12. The van der Waals surface area contributed by atoms with Crippen LogP contribution in [0.25, 0.3) is 0 Å². The second kappa shape index (κ2) is 8.59. The second-order valence-corrected chi connectivity index (χ2v) is 4.92.